The first-order chi connectivity index (χ1) is 8.41. The average Bonchev–Trinajstić information content (AvgIpc) is 2.77. The molecular formula is C15H20O3. The Morgan fingerprint density at radius 1 is 1.33 bits per heavy atom. The van der Waals surface area contributed by atoms with E-state index in [4.69, 9.17) is 4.74 Å². The summed E-state index contributed by atoms with van der Waals surface area (Å²) in [7, 11) is 0. The van der Waals surface area contributed by atoms with E-state index in [1.54, 1.807) is 0 Å². The molecule has 3 rings (SSSR count). The van der Waals surface area contributed by atoms with Gasteiger partial charge in [-0.15, -0.1) is 0 Å². The summed E-state index contributed by atoms with van der Waals surface area (Å²) in [6.45, 7) is 8.14. The van der Waals surface area contributed by atoms with Crippen LogP contribution in [0.3, 0.4) is 0 Å². The first-order valence-electron chi connectivity index (χ1n) is 6.77. The third kappa shape index (κ3) is 1.30. The molecule has 5 atom stereocenters. The third-order valence-electron chi connectivity index (χ3n) is 5.67. The average molecular weight is 248 g/mol. The topological polar surface area (TPSA) is 43.4 Å². The van der Waals surface area contributed by atoms with Crippen LogP contribution in [0.5, 0.6) is 0 Å². The zero-order chi connectivity index (χ0) is 13.1. The summed E-state index contributed by atoms with van der Waals surface area (Å²) in [6, 6.07) is 0. The van der Waals surface area contributed by atoms with Gasteiger partial charge in [0, 0.05) is 22.8 Å². The minimum atomic E-state index is -0.344. The van der Waals surface area contributed by atoms with Crippen molar-refractivity contribution in [2.45, 2.75) is 45.6 Å². The van der Waals surface area contributed by atoms with Gasteiger partial charge in [-0.25, -0.2) is 4.79 Å². The van der Waals surface area contributed by atoms with Gasteiger partial charge in [-0.2, -0.15) is 0 Å². The summed E-state index contributed by atoms with van der Waals surface area (Å²) >= 11 is 0. The molecule has 0 bridgehead atoms. The minimum Gasteiger partial charge on any atom is -0.458 e. The number of fused-ring (bicyclic) bond motifs is 3. The second-order valence-corrected chi connectivity index (χ2v) is 6.80. The molecule has 1 heterocycles. The molecule has 0 radical (unpaired) electrons. The number of aldehydes is 1. The fraction of sp³-hybridized carbons (Fsp3) is 0.733. The van der Waals surface area contributed by atoms with E-state index in [9.17, 15) is 9.59 Å². The monoisotopic (exact) mass is 248 g/mol. The van der Waals surface area contributed by atoms with Crippen molar-refractivity contribution in [3.63, 3.8) is 0 Å². The van der Waals surface area contributed by atoms with Gasteiger partial charge >= 0.3 is 5.97 Å². The highest BCUT2D eigenvalue weighted by molar-refractivity contribution is 5.91. The largest absolute Gasteiger partial charge is 0.458 e. The summed E-state index contributed by atoms with van der Waals surface area (Å²) in [5, 5.41) is 0. The van der Waals surface area contributed by atoms with Gasteiger partial charge in [-0.3, -0.25) is 0 Å². The number of ether oxygens (including phenoxy) is 1. The van der Waals surface area contributed by atoms with E-state index in [1.807, 2.05) is 6.92 Å². The van der Waals surface area contributed by atoms with Crippen molar-refractivity contribution >= 4 is 12.3 Å². The number of carbonyl (C=O) groups excluding carboxylic acids is 2. The fourth-order valence-electron chi connectivity index (χ4n) is 4.60. The lowest BCUT2D eigenvalue weighted by Gasteiger charge is -2.46. The molecule has 0 amide bonds. The Balaban J connectivity index is 2.03. The molecule has 98 valence electrons. The van der Waals surface area contributed by atoms with Crippen LogP contribution in [0.25, 0.3) is 0 Å². The smallest absolute Gasteiger partial charge is 0.334 e. The molecule has 0 aromatic rings. The number of esters is 1. The highest BCUT2D eigenvalue weighted by atomic mass is 16.6. The molecule has 1 saturated heterocycles. The lowest BCUT2D eigenvalue weighted by atomic mass is 9.59. The van der Waals surface area contributed by atoms with Crippen molar-refractivity contribution in [2.75, 3.05) is 0 Å². The van der Waals surface area contributed by atoms with Gasteiger partial charge in [0.2, 0.25) is 0 Å². The van der Waals surface area contributed by atoms with Crippen LogP contribution < -0.4 is 0 Å². The second kappa shape index (κ2) is 3.46. The molecule has 3 fully saturated rings. The molecule has 3 heteroatoms. The molecule has 18 heavy (non-hydrogen) atoms. The quantitative estimate of drug-likeness (QED) is 0.407. The Morgan fingerprint density at radius 3 is 2.72 bits per heavy atom. The van der Waals surface area contributed by atoms with Crippen molar-refractivity contribution in [2.24, 2.45) is 22.7 Å². The third-order valence-corrected chi connectivity index (χ3v) is 5.67. The Morgan fingerprint density at radius 2 is 2.06 bits per heavy atom. The standard InChI is InChI=1S/C15H20O3/c1-9-10-4-5-14(2)6-7-15(3,8-16)12(14)11(10)18-13(9)17/h8,10-12H,1,4-7H2,2-3H3/t10-,11-,12+,14-,15+/m0/s1. The van der Waals surface area contributed by atoms with Crippen LogP contribution in [0.1, 0.15) is 39.5 Å². The Hall–Kier alpha value is -1.12. The van der Waals surface area contributed by atoms with E-state index in [2.05, 4.69) is 13.5 Å². The number of carbonyl (C=O) groups is 2. The molecule has 1 aliphatic heterocycles. The van der Waals surface area contributed by atoms with Gasteiger partial charge in [0.1, 0.15) is 12.4 Å². The normalized spacial score (nSPS) is 50.7. The van der Waals surface area contributed by atoms with Crippen LogP contribution in [-0.2, 0) is 14.3 Å². The maximum Gasteiger partial charge on any atom is 0.334 e. The molecule has 3 nitrogen and oxygen atoms in total. The van der Waals surface area contributed by atoms with Crippen LogP contribution in [0.15, 0.2) is 12.2 Å². The van der Waals surface area contributed by atoms with Gasteiger partial charge < -0.3 is 9.53 Å². The highest BCUT2D eigenvalue weighted by Crippen LogP contribution is 2.63. The molecule has 2 saturated carbocycles. The summed E-state index contributed by atoms with van der Waals surface area (Å²) in [5.41, 5.74) is 0.409. The number of hydrogen-bond donors (Lipinski definition) is 0. The Bertz CT molecular complexity index is 441. The van der Waals surface area contributed by atoms with E-state index in [1.165, 1.54) is 0 Å². The van der Waals surface area contributed by atoms with E-state index in [0.717, 1.165) is 32.0 Å². The fourth-order valence-corrected chi connectivity index (χ4v) is 4.60. The zero-order valence-corrected chi connectivity index (χ0v) is 11.1. The molecule has 0 spiro atoms. The van der Waals surface area contributed by atoms with Crippen molar-refractivity contribution in [1.82, 2.24) is 0 Å². The van der Waals surface area contributed by atoms with Crippen molar-refractivity contribution in [3.05, 3.63) is 12.2 Å². The van der Waals surface area contributed by atoms with Crippen LogP contribution in [0.4, 0.5) is 0 Å². The maximum absolute atomic E-state index is 11.7. The Kier molecular flexibility index (Phi) is 2.30. The van der Waals surface area contributed by atoms with E-state index < -0.39 is 0 Å². The maximum atomic E-state index is 11.7. The van der Waals surface area contributed by atoms with Crippen molar-refractivity contribution < 1.29 is 14.3 Å². The SMILES string of the molecule is C=C1C(=O)O[C@@H]2[C@@H]3[C@@](C)(CC[C@@H]12)CC[C@]3(C)C=O. The van der Waals surface area contributed by atoms with Gasteiger partial charge in [0.15, 0.2) is 0 Å². The Labute approximate surface area is 108 Å². The molecule has 0 aromatic heterocycles. The van der Waals surface area contributed by atoms with Crippen LogP contribution in [0.2, 0.25) is 0 Å². The van der Waals surface area contributed by atoms with Gasteiger partial charge in [0.05, 0.1) is 0 Å². The highest BCUT2D eigenvalue weighted by Gasteiger charge is 2.62. The van der Waals surface area contributed by atoms with Gasteiger partial charge in [-0.05, 0) is 31.1 Å². The summed E-state index contributed by atoms with van der Waals surface area (Å²) in [4.78, 5) is 23.2. The van der Waals surface area contributed by atoms with E-state index in [-0.39, 0.29) is 34.7 Å². The molecule has 0 aromatic carbocycles. The molecular weight excluding hydrogens is 228 g/mol. The summed E-state index contributed by atoms with van der Waals surface area (Å²) in [5.74, 6) is 0.0341. The van der Waals surface area contributed by atoms with Crippen molar-refractivity contribution in [3.8, 4) is 0 Å². The number of rotatable bonds is 1. The lowest BCUT2D eigenvalue weighted by molar-refractivity contribution is -0.150. The van der Waals surface area contributed by atoms with Gasteiger partial charge in [-0.1, -0.05) is 20.4 Å². The summed E-state index contributed by atoms with van der Waals surface area (Å²) < 4.78 is 5.56. The molecule has 0 unspecified atom stereocenters. The summed E-state index contributed by atoms with van der Waals surface area (Å²) in [6.07, 6.45) is 4.96. The lowest BCUT2D eigenvalue weighted by Crippen LogP contribution is -2.47. The first kappa shape index (κ1) is 11.9. The van der Waals surface area contributed by atoms with Crippen LogP contribution in [0, 0.1) is 22.7 Å². The van der Waals surface area contributed by atoms with Crippen LogP contribution >= 0.6 is 0 Å². The minimum absolute atomic E-state index is 0.124. The molecule has 0 N–H and O–H groups in total. The van der Waals surface area contributed by atoms with E-state index >= 15 is 0 Å². The predicted molar refractivity (Wildman–Crippen MR) is 66.7 cm³/mol. The number of hydrogen-bond acceptors (Lipinski definition) is 3. The zero-order valence-electron chi connectivity index (χ0n) is 11.1. The molecule has 2 aliphatic carbocycles. The molecule has 3 aliphatic rings. The first-order valence-corrected chi connectivity index (χ1v) is 6.77. The van der Waals surface area contributed by atoms with Crippen LogP contribution in [-0.4, -0.2) is 18.4 Å². The second-order valence-electron chi connectivity index (χ2n) is 6.80. The van der Waals surface area contributed by atoms with Gasteiger partial charge in [0.25, 0.3) is 0 Å². The predicted octanol–water partition coefficient (Wildman–Crippen LogP) is 2.50. The van der Waals surface area contributed by atoms with Crippen molar-refractivity contribution in [1.29, 1.82) is 0 Å². The van der Waals surface area contributed by atoms with E-state index in [0.29, 0.717) is 5.57 Å².